The second-order valence-electron chi connectivity index (χ2n) is 5.23. The molecular weight excluding hydrogens is 338 g/mol. The maximum atomic E-state index is 11.9. The van der Waals surface area contributed by atoms with Gasteiger partial charge in [-0.2, -0.15) is 5.26 Å². The standard InChI is InChI=1S/C18H11N3O3S/c19-9-14-15(20-18(25)21-16(14)22)13-3-1-2-12(8-13)10-4-6-11(7-5-10)17(23)24/h1-8H,(H,23,24)(H2,20,21,22,25). The van der Waals surface area contributed by atoms with E-state index in [-0.39, 0.29) is 15.9 Å². The Balaban J connectivity index is 2.12. The van der Waals surface area contributed by atoms with Crippen molar-refractivity contribution >= 4 is 18.2 Å². The van der Waals surface area contributed by atoms with E-state index in [1.54, 1.807) is 30.3 Å². The zero-order chi connectivity index (χ0) is 18.0. The number of carboxylic acids is 1. The molecule has 0 radical (unpaired) electrons. The topological polar surface area (TPSA) is 110 Å². The molecule has 0 spiro atoms. The minimum atomic E-state index is -0.991. The predicted molar refractivity (Wildman–Crippen MR) is 94.8 cm³/mol. The number of hydrogen-bond acceptors (Lipinski definition) is 4. The molecule has 0 amide bonds. The molecule has 3 rings (SSSR count). The van der Waals surface area contributed by atoms with Crippen molar-refractivity contribution in [2.45, 2.75) is 0 Å². The Morgan fingerprint density at radius 3 is 2.36 bits per heavy atom. The van der Waals surface area contributed by atoms with E-state index < -0.39 is 11.5 Å². The molecule has 0 bridgehead atoms. The van der Waals surface area contributed by atoms with Gasteiger partial charge in [0.1, 0.15) is 11.6 Å². The Morgan fingerprint density at radius 1 is 1.04 bits per heavy atom. The number of hydrogen-bond donors (Lipinski definition) is 3. The van der Waals surface area contributed by atoms with E-state index in [2.05, 4.69) is 9.97 Å². The van der Waals surface area contributed by atoms with Gasteiger partial charge in [-0.25, -0.2) is 4.79 Å². The van der Waals surface area contributed by atoms with Gasteiger partial charge < -0.3 is 10.1 Å². The van der Waals surface area contributed by atoms with Gasteiger partial charge in [-0.05, 0) is 41.5 Å². The summed E-state index contributed by atoms with van der Waals surface area (Å²) in [6.45, 7) is 0. The normalized spacial score (nSPS) is 10.2. The van der Waals surface area contributed by atoms with Crippen molar-refractivity contribution < 1.29 is 9.90 Å². The highest BCUT2D eigenvalue weighted by Crippen LogP contribution is 2.26. The number of nitrogens with one attached hydrogen (secondary N) is 2. The van der Waals surface area contributed by atoms with Crippen molar-refractivity contribution in [3.8, 4) is 28.5 Å². The van der Waals surface area contributed by atoms with Gasteiger partial charge >= 0.3 is 5.97 Å². The lowest BCUT2D eigenvalue weighted by Gasteiger charge is -2.07. The molecule has 0 fully saturated rings. The lowest BCUT2D eigenvalue weighted by molar-refractivity contribution is 0.0697. The number of carboxylic acid groups (broad SMARTS) is 1. The highest BCUT2D eigenvalue weighted by Gasteiger charge is 2.11. The molecule has 1 aromatic heterocycles. The average Bonchev–Trinajstić information content (AvgIpc) is 2.61. The summed E-state index contributed by atoms with van der Waals surface area (Å²) in [5.74, 6) is -0.991. The predicted octanol–water partition coefficient (Wildman–Crippen LogP) is 3.34. The Labute approximate surface area is 147 Å². The molecule has 0 saturated heterocycles. The molecule has 3 N–H and O–H groups in total. The maximum Gasteiger partial charge on any atom is 0.335 e. The van der Waals surface area contributed by atoms with Crippen LogP contribution in [0.1, 0.15) is 15.9 Å². The van der Waals surface area contributed by atoms with E-state index >= 15 is 0 Å². The van der Waals surface area contributed by atoms with Crippen LogP contribution >= 0.6 is 12.2 Å². The summed E-state index contributed by atoms with van der Waals surface area (Å²) in [7, 11) is 0. The summed E-state index contributed by atoms with van der Waals surface area (Å²) in [4.78, 5) is 28.1. The van der Waals surface area contributed by atoms with E-state index in [4.69, 9.17) is 17.3 Å². The SMILES string of the molecule is N#Cc1c(-c2cccc(-c3ccc(C(=O)O)cc3)c2)[nH]c(=S)[nH]c1=O. The number of aromatic nitrogens is 2. The van der Waals surface area contributed by atoms with Gasteiger partial charge in [-0.3, -0.25) is 9.78 Å². The van der Waals surface area contributed by atoms with Crippen LogP contribution < -0.4 is 5.56 Å². The van der Waals surface area contributed by atoms with Crippen LogP contribution in [0, 0.1) is 16.1 Å². The zero-order valence-corrected chi connectivity index (χ0v) is 13.6. The molecule has 25 heavy (non-hydrogen) atoms. The molecule has 3 aromatic rings. The molecule has 6 nitrogen and oxygen atoms in total. The van der Waals surface area contributed by atoms with Crippen molar-refractivity contribution in [3.05, 3.63) is 74.8 Å². The lowest BCUT2D eigenvalue weighted by atomic mass is 9.99. The summed E-state index contributed by atoms with van der Waals surface area (Å²) >= 11 is 4.98. The maximum absolute atomic E-state index is 11.9. The second-order valence-corrected chi connectivity index (χ2v) is 5.64. The van der Waals surface area contributed by atoms with Crippen LogP contribution in [0.25, 0.3) is 22.4 Å². The smallest absolute Gasteiger partial charge is 0.335 e. The third-order valence-electron chi connectivity index (χ3n) is 3.67. The number of nitrogens with zero attached hydrogens (tertiary/aromatic N) is 1. The number of rotatable bonds is 3. The van der Waals surface area contributed by atoms with Crippen LogP contribution in [-0.2, 0) is 0 Å². The molecule has 7 heteroatoms. The fourth-order valence-electron chi connectivity index (χ4n) is 2.47. The number of H-pyrrole nitrogens is 2. The Bertz CT molecular complexity index is 1120. The number of aromatic carboxylic acids is 1. The first-order chi connectivity index (χ1) is 12.0. The van der Waals surface area contributed by atoms with Crippen molar-refractivity contribution in [2.24, 2.45) is 0 Å². The molecule has 0 aliphatic rings. The molecule has 0 aliphatic heterocycles. The van der Waals surface area contributed by atoms with E-state index in [0.29, 0.717) is 11.3 Å². The van der Waals surface area contributed by atoms with Gasteiger partial charge in [0.05, 0.1) is 11.3 Å². The summed E-state index contributed by atoms with van der Waals surface area (Å²) in [5.41, 5.74) is 2.22. The van der Waals surface area contributed by atoms with Crippen LogP contribution in [0.5, 0.6) is 0 Å². The van der Waals surface area contributed by atoms with E-state index in [0.717, 1.165) is 11.1 Å². The van der Waals surface area contributed by atoms with Crippen molar-refractivity contribution in [2.75, 3.05) is 0 Å². The number of carbonyl (C=O) groups is 1. The first-order valence-electron chi connectivity index (χ1n) is 7.20. The largest absolute Gasteiger partial charge is 0.478 e. The van der Waals surface area contributed by atoms with Crippen LogP contribution in [0.4, 0.5) is 0 Å². The van der Waals surface area contributed by atoms with Crippen LogP contribution in [0.2, 0.25) is 0 Å². The summed E-state index contributed by atoms with van der Waals surface area (Å²) in [6.07, 6.45) is 0. The van der Waals surface area contributed by atoms with Gasteiger partial charge in [0.15, 0.2) is 4.77 Å². The molecule has 2 aromatic carbocycles. The summed E-state index contributed by atoms with van der Waals surface area (Å²) in [5, 5.41) is 18.2. The fraction of sp³-hybridized carbons (Fsp3) is 0. The highest BCUT2D eigenvalue weighted by atomic mass is 32.1. The molecule has 0 atom stereocenters. The fourth-order valence-corrected chi connectivity index (χ4v) is 2.66. The quantitative estimate of drug-likeness (QED) is 0.628. The van der Waals surface area contributed by atoms with Crippen LogP contribution in [0.3, 0.4) is 0 Å². The van der Waals surface area contributed by atoms with E-state index in [9.17, 15) is 14.9 Å². The van der Waals surface area contributed by atoms with Crippen molar-refractivity contribution in [3.63, 3.8) is 0 Å². The molecule has 122 valence electrons. The van der Waals surface area contributed by atoms with Crippen molar-refractivity contribution in [1.82, 2.24) is 9.97 Å². The number of aromatic amines is 2. The van der Waals surface area contributed by atoms with Crippen molar-refractivity contribution in [1.29, 1.82) is 5.26 Å². The first kappa shape index (κ1) is 16.4. The number of nitriles is 1. The Hall–Kier alpha value is -3.50. The molecular formula is C18H11N3O3S. The molecule has 0 unspecified atom stereocenters. The van der Waals surface area contributed by atoms with Gasteiger partial charge in [0.25, 0.3) is 5.56 Å². The minimum Gasteiger partial charge on any atom is -0.478 e. The molecule has 0 saturated carbocycles. The van der Waals surface area contributed by atoms with Gasteiger partial charge in [0, 0.05) is 5.56 Å². The molecule has 1 heterocycles. The highest BCUT2D eigenvalue weighted by molar-refractivity contribution is 7.71. The average molecular weight is 349 g/mol. The third-order valence-corrected chi connectivity index (χ3v) is 3.88. The summed E-state index contributed by atoms with van der Waals surface area (Å²) in [6, 6.07) is 15.5. The monoisotopic (exact) mass is 349 g/mol. The van der Waals surface area contributed by atoms with Gasteiger partial charge in [-0.15, -0.1) is 0 Å². The zero-order valence-electron chi connectivity index (χ0n) is 12.7. The Morgan fingerprint density at radius 2 is 1.72 bits per heavy atom. The van der Waals surface area contributed by atoms with Gasteiger partial charge in [0.2, 0.25) is 0 Å². The summed E-state index contributed by atoms with van der Waals surface area (Å²) < 4.78 is 0.134. The second kappa shape index (κ2) is 6.55. The third kappa shape index (κ3) is 3.24. The Kier molecular flexibility index (Phi) is 4.29. The minimum absolute atomic E-state index is 0.0491. The molecule has 0 aliphatic carbocycles. The first-order valence-corrected chi connectivity index (χ1v) is 7.61. The van der Waals surface area contributed by atoms with Crippen LogP contribution in [0.15, 0.2) is 53.3 Å². The number of benzene rings is 2. The van der Waals surface area contributed by atoms with Crippen LogP contribution in [-0.4, -0.2) is 21.0 Å². The lowest BCUT2D eigenvalue weighted by Crippen LogP contribution is -2.13. The van der Waals surface area contributed by atoms with E-state index in [1.165, 1.54) is 12.1 Å². The van der Waals surface area contributed by atoms with E-state index in [1.807, 2.05) is 12.1 Å². The van der Waals surface area contributed by atoms with Gasteiger partial charge in [-0.1, -0.05) is 30.3 Å².